The minimum absolute atomic E-state index is 0.0192. The fourth-order valence-corrected chi connectivity index (χ4v) is 11.9. The molecule has 0 aliphatic carbocycles. The van der Waals surface area contributed by atoms with Crippen molar-refractivity contribution in [2.24, 2.45) is 0 Å². The zero-order valence-corrected chi connectivity index (χ0v) is 28.0. The first-order valence-corrected chi connectivity index (χ1v) is 19.0. The van der Waals surface area contributed by atoms with Crippen molar-refractivity contribution in [2.45, 2.75) is 50.2 Å². The van der Waals surface area contributed by atoms with Crippen molar-refractivity contribution in [1.82, 2.24) is 9.96 Å². The number of carbonyl (C=O) groups is 4. The van der Waals surface area contributed by atoms with E-state index >= 15 is 0 Å². The van der Waals surface area contributed by atoms with Crippen LogP contribution in [0.15, 0.2) is 121 Å². The summed E-state index contributed by atoms with van der Waals surface area (Å²) in [4.78, 5) is 57.4. The third-order valence-electron chi connectivity index (χ3n) is 8.65. The van der Waals surface area contributed by atoms with Gasteiger partial charge >= 0.3 is 5.97 Å². The van der Waals surface area contributed by atoms with Gasteiger partial charge < -0.3 is 9.74 Å². The van der Waals surface area contributed by atoms with E-state index < -0.39 is 33.6 Å². The van der Waals surface area contributed by atoms with Gasteiger partial charge in [-0.05, 0) is 56.1 Å². The largest absolute Gasteiger partial charge is 0.339 e. The lowest BCUT2D eigenvalue weighted by Gasteiger charge is -2.29. The first-order valence-electron chi connectivity index (χ1n) is 16.1. The third kappa shape index (κ3) is 8.04. The standard InChI is InChI=1S/C38H38N2O5P2/c41-35(22-13-23-38(44)45-40-36(42)24-25-37(40)43)39-27-34(47(32-18-9-3-10-19-32)33-20-11-4-12-21-33)26-29(39)28-46(30-14-5-1-6-15-30)31-16-7-2-8-17-31/h1-12,14-21,29,34H,13,22-28H2/t29-,34+/m0/s1. The van der Waals surface area contributed by atoms with Gasteiger partial charge in [-0.1, -0.05) is 121 Å². The van der Waals surface area contributed by atoms with Crippen molar-refractivity contribution in [3.63, 3.8) is 0 Å². The summed E-state index contributed by atoms with van der Waals surface area (Å²) < 4.78 is 0. The summed E-state index contributed by atoms with van der Waals surface area (Å²) in [7, 11) is -1.46. The zero-order chi connectivity index (χ0) is 32.6. The SMILES string of the molecule is O=C(CCCC(=O)N1C[C@H](P(c2ccccc2)c2ccccc2)C[C@H]1CP(c1ccccc1)c1ccccc1)ON1C(=O)CCC1=O. The van der Waals surface area contributed by atoms with Gasteiger partial charge in [0.2, 0.25) is 5.91 Å². The number of hydrogen-bond acceptors (Lipinski definition) is 5. The van der Waals surface area contributed by atoms with Gasteiger partial charge in [-0.2, -0.15) is 0 Å². The molecule has 9 heteroatoms. The molecule has 0 N–H and O–H groups in total. The van der Waals surface area contributed by atoms with E-state index in [1.54, 1.807) is 0 Å². The summed E-state index contributed by atoms with van der Waals surface area (Å²) in [5.41, 5.74) is 0.268. The average Bonchev–Trinajstić information content (AvgIpc) is 3.67. The molecule has 240 valence electrons. The highest BCUT2D eigenvalue weighted by Crippen LogP contribution is 2.48. The zero-order valence-electron chi connectivity index (χ0n) is 26.2. The maximum absolute atomic E-state index is 14.1. The van der Waals surface area contributed by atoms with E-state index in [9.17, 15) is 19.2 Å². The Balaban J connectivity index is 1.24. The van der Waals surface area contributed by atoms with Crippen molar-refractivity contribution in [1.29, 1.82) is 0 Å². The van der Waals surface area contributed by atoms with Gasteiger partial charge in [-0.15, -0.1) is 5.06 Å². The molecule has 7 nitrogen and oxygen atoms in total. The van der Waals surface area contributed by atoms with Crippen LogP contribution >= 0.6 is 15.8 Å². The molecule has 2 aliphatic rings. The van der Waals surface area contributed by atoms with Crippen LogP contribution in [0.25, 0.3) is 0 Å². The highest BCUT2D eigenvalue weighted by atomic mass is 31.1. The van der Waals surface area contributed by atoms with Crippen LogP contribution in [0.3, 0.4) is 0 Å². The Morgan fingerprint density at radius 3 is 1.62 bits per heavy atom. The molecule has 4 aromatic carbocycles. The second kappa shape index (κ2) is 15.6. The molecule has 3 amide bonds. The Bertz CT molecular complexity index is 1580. The molecule has 2 saturated heterocycles. The maximum Gasteiger partial charge on any atom is 0.333 e. The lowest BCUT2D eigenvalue weighted by molar-refractivity contribution is -0.197. The van der Waals surface area contributed by atoms with Crippen molar-refractivity contribution < 1.29 is 24.0 Å². The number of nitrogens with zero attached hydrogens (tertiary/aromatic N) is 2. The smallest absolute Gasteiger partial charge is 0.333 e. The topological polar surface area (TPSA) is 84.0 Å². The van der Waals surface area contributed by atoms with E-state index in [1.165, 1.54) is 21.2 Å². The number of likely N-dealkylation sites (tertiary alicyclic amines) is 1. The van der Waals surface area contributed by atoms with Gasteiger partial charge in [0.1, 0.15) is 0 Å². The van der Waals surface area contributed by atoms with Crippen molar-refractivity contribution >= 4 is 60.8 Å². The van der Waals surface area contributed by atoms with Gasteiger partial charge in [0.15, 0.2) is 0 Å². The van der Waals surface area contributed by atoms with Crippen LogP contribution in [-0.2, 0) is 24.0 Å². The molecule has 2 heterocycles. The van der Waals surface area contributed by atoms with Crippen molar-refractivity contribution in [2.75, 3.05) is 12.7 Å². The normalized spacial score (nSPS) is 17.9. The number of rotatable bonds is 12. The monoisotopic (exact) mass is 664 g/mol. The fourth-order valence-electron chi connectivity index (χ4n) is 6.42. The molecule has 2 aliphatic heterocycles. The first kappa shape index (κ1) is 32.7. The lowest BCUT2D eigenvalue weighted by atomic mass is 10.2. The molecule has 0 spiro atoms. The summed E-state index contributed by atoms with van der Waals surface area (Å²) in [5, 5.41) is 5.73. The Kier molecular flexibility index (Phi) is 10.9. The number of carbonyl (C=O) groups excluding carboxylic acids is 4. The highest BCUT2D eigenvalue weighted by molar-refractivity contribution is 7.74. The fraction of sp³-hybridized carbons (Fsp3) is 0.263. The Labute approximate surface area is 278 Å². The molecule has 0 radical (unpaired) electrons. The number of amides is 3. The van der Waals surface area contributed by atoms with E-state index in [0.29, 0.717) is 11.6 Å². The number of benzene rings is 4. The van der Waals surface area contributed by atoms with Gasteiger partial charge in [-0.25, -0.2) is 4.79 Å². The Morgan fingerprint density at radius 2 is 1.13 bits per heavy atom. The molecule has 6 rings (SSSR count). The molecule has 2 fully saturated rings. The predicted octanol–water partition coefficient (Wildman–Crippen LogP) is 5.00. The van der Waals surface area contributed by atoms with Crippen LogP contribution in [0.2, 0.25) is 0 Å². The van der Waals surface area contributed by atoms with E-state index in [-0.39, 0.29) is 49.7 Å². The maximum atomic E-state index is 14.1. The highest BCUT2D eigenvalue weighted by Gasteiger charge is 2.41. The number of hydrogen-bond donors (Lipinski definition) is 0. The molecular weight excluding hydrogens is 626 g/mol. The van der Waals surface area contributed by atoms with E-state index in [0.717, 1.165) is 12.6 Å². The van der Waals surface area contributed by atoms with Gasteiger partial charge in [0.25, 0.3) is 11.8 Å². The summed E-state index contributed by atoms with van der Waals surface area (Å²) in [6.45, 7) is 0.646. The molecule has 4 aromatic rings. The molecular formula is C38H38N2O5P2. The summed E-state index contributed by atoms with van der Waals surface area (Å²) >= 11 is 0. The number of imide groups is 1. The second-order valence-corrected chi connectivity index (χ2v) is 16.6. The van der Waals surface area contributed by atoms with Crippen LogP contribution in [0.1, 0.15) is 38.5 Å². The van der Waals surface area contributed by atoms with E-state index in [4.69, 9.17) is 4.84 Å². The quantitative estimate of drug-likeness (QED) is 0.157. The molecule has 0 unspecified atom stereocenters. The summed E-state index contributed by atoms with van der Waals surface area (Å²) in [6.07, 6.45) is 2.24. The third-order valence-corrected chi connectivity index (χ3v) is 14.1. The minimum atomic E-state index is -0.734. The van der Waals surface area contributed by atoms with Crippen LogP contribution in [0, 0.1) is 0 Å². The van der Waals surface area contributed by atoms with Gasteiger partial charge in [0.05, 0.1) is 0 Å². The first-order chi connectivity index (χ1) is 23.0. The Morgan fingerprint density at radius 1 is 0.660 bits per heavy atom. The lowest BCUT2D eigenvalue weighted by Crippen LogP contribution is -2.39. The van der Waals surface area contributed by atoms with Crippen LogP contribution in [0.4, 0.5) is 0 Å². The molecule has 0 saturated carbocycles. The van der Waals surface area contributed by atoms with E-state index in [2.05, 4.69) is 102 Å². The molecule has 2 atom stereocenters. The second-order valence-electron chi connectivity index (χ2n) is 11.8. The minimum Gasteiger partial charge on any atom is -0.339 e. The average molecular weight is 665 g/mol. The molecule has 47 heavy (non-hydrogen) atoms. The van der Waals surface area contributed by atoms with Crippen LogP contribution in [0.5, 0.6) is 0 Å². The van der Waals surface area contributed by atoms with Crippen molar-refractivity contribution in [3.8, 4) is 0 Å². The van der Waals surface area contributed by atoms with Gasteiger partial charge in [-0.3, -0.25) is 14.4 Å². The Hall–Kier alpha value is -4.18. The predicted molar refractivity (Wildman–Crippen MR) is 188 cm³/mol. The van der Waals surface area contributed by atoms with Crippen molar-refractivity contribution in [3.05, 3.63) is 121 Å². The summed E-state index contributed by atoms with van der Waals surface area (Å²) in [5.74, 6) is -1.67. The van der Waals surface area contributed by atoms with Gasteiger partial charge in [0, 0.05) is 43.9 Å². The van der Waals surface area contributed by atoms with Crippen LogP contribution in [-0.4, -0.2) is 58.1 Å². The van der Waals surface area contributed by atoms with E-state index in [1.807, 2.05) is 24.3 Å². The molecule has 0 aromatic heterocycles. The molecule has 0 bridgehead atoms. The summed E-state index contributed by atoms with van der Waals surface area (Å²) in [6, 6.07) is 42.5. The van der Waals surface area contributed by atoms with Crippen LogP contribution < -0.4 is 21.2 Å². The number of hydroxylamine groups is 2.